The van der Waals surface area contributed by atoms with Gasteiger partial charge in [0.1, 0.15) is 0 Å². The van der Waals surface area contributed by atoms with Crippen LogP contribution in [-0.2, 0) is 19.8 Å². The average molecular weight is 241 g/mol. The first-order chi connectivity index (χ1) is 0. The van der Waals surface area contributed by atoms with Crippen LogP contribution in [0.2, 0.25) is 0 Å². The molecule has 3 N–H and O–H groups in total. The zero-order chi connectivity index (χ0) is 0. The standard InChI is InChI=1S/3H2O.Os/h3*1H2;/q;;;+3/p-3. The fraction of sp³-hybridized carbons (Fsp3) is 0. The Labute approximate surface area is 37.0 Å². The molecular weight excluding hydrogens is 238 g/mol. The number of rotatable bonds is 0. The second-order valence-electron chi connectivity index (χ2n) is 0. The Balaban J connectivity index is 0. The Bertz CT molecular complexity index is 3.25. The second-order valence-corrected chi connectivity index (χ2v) is 0. The first kappa shape index (κ1) is 209. The summed E-state index contributed by atoms with van der Waals surface area (Å²) in [5.74, 6) is 0. The fourth-order valence-corrected chi connectivity index (χ4v) is 0. The molecule has 29 valence electrons. The summed E-state index contributed by atoms with van der Waals surface area (Å²) in [5, 5.41) is 0. The molecule has 0 rings (SSSR count). The van der Waals surface area contributed by atoms with Crippen LogP contribution in [0.4, 0.5) is 0 Å². The van der Waals surface area contributed by atoms with E-state index in [0.717, 1.165) is 0 Å². The molecular formula is H3O3Os. The summed E-state index contributed by atoms with van der Waals surface area (Å²) in [7, 11) is 0. The zero-order valence-electron chi connectivity index (χ0n) is 1.70. The molecule has 0 saturated heterocycles. The monoisotopic (exact) mass is 243 g/mol. The molecule has 0 spiro atoms. The minimum Gasteiger partial charge on any atom is -0.870 e. The largest absolute Gasteiger partial charge is 3.00 e. The molecule has 0 saturated carbocycles. The van der Waals surface area contributed by atoms with Crippen molar-refractivity contribution < 1.29 is 36.2 Å². The van der Waals surface area contributed by atoms with Gasteiger partial charge in [-0.3, -0.25) is 0 Å². The van der Waals surface area contributed by atoms with Gasteiger partial charge in [-0.25, -0.2) is 0 Å². The van der Waals surface area contributed by atoms with Crippen LogP contribution in [-0.4, -0.2) is 16.4 Å². The predicted molar refractivity (Wildman–Crippen MR) is 5.81 cm³/mol. The van der Waals surface area contributed by atoms with Crippen LogP contribution >= 0.6 is 0 Å². The fourth-order valence-electron chi connectivity index (χ4n) is 0. The van der Waals surface area contributed by atoms with E-state index in [0.29, 0.717) is 0 Å². The summed E-state index contributed by atoms with van der Waals surface area (Å²) in [6.45, 7) is 0. The van der Waals surface area contributed by atoms with Crippen molar-refractivity contribution in [1.29, 1.82) is 0 Å². The van der Waals surface area contributed by atoms with E-state index in [-0.39, 0.29) is 36.2 Å². The molecule has 0 aliphatic heterocycles. The molecule has 0 aromatic carbocycles. The van der Waals surface area contributed by atoms with Crippen LogP contribution in [0, 0.1) is 0 Å². The normalized spacial score (nSPS) is 0. The van der Waals surface area contributed by atoms with Crippen LogP contribution in [0.3, 0.4) is 0 Å². The molecule has 3 nitrogen and oxygen atoms in total. The van der Waals surface area contributed by atoms with Gasteiger partial charge in [-0.1, -0.05) is 0 Å². The van der Waals surface area contributed by atoms with Crippen LogP contribution in [0.25, 0.3) is 0 Å². The van der Waals surface area contributed by atoms with Gasteiger partial charge in [0.15, 0.2) is 0 Å². The van der Waals surface area contributed by atoms with Gasteiger partial charge in [0.05, 0.1) is 0 Å². The number of hydrogen-bond acceptors (Lipinski definition) is 3. The van der Waals surface area contributed by atoms with Crippen molar-refractivity contribution in [1.82, 2.24) is 0 Å². The maximum Gasteiger partial charge on any atom is 3.00 e. The van der Waals surface area contributed by atoms with Gasteiger partial charge in [0.2, 0.25) is 0 Å². The van der Waals surface area contributed by atoms with E-state index in [4.69, 9.17) is 0 Å². The molecule has 0 aromatic heterocycles. The Hall–Kier alpha value is 0.516. The summed E-state index contributed by atoms with van der Waals surface area (Å²) >= 11 is 0. The third-order valence-electron chi connectivity index (χ3n) is 0. The van der Waals surface area contributed by atoms with Crippen LogP contribution < -0.4 is 0 Å². The summed E-state index contributed by atoms with van der Waals surface area (Å²) in [6, 6.07) is 0. The molecule has 0 amide bonds. The minimum absolute atomic E-state index is 0. The quantitative estimate of drug-likeness (QED) is 0.570. The minimum atomic E-state index is 0. The zero-order valence-corrected chi connectivity index (χ0v) is 4.24. The summed E-state index contributed by atoms with van der Waals surface area (Å²) in [6.07, 6.45) is 0. The molecule has 0 aromatic rings. The third-order valence-corrected chi connectivity index (χ3v) is 0. The van der Waals surface area contributed by atoms with E-state index < -0.39 is 0 Å². The van der Waals surface area contributed by atoms with Crippen molar-refractivity contribution in [2.45, 2.75) is 0 Å². The second kappa shape index (κ2) is 83.5. The van der Waals surface area contributed by atoms with Crippen LogP contribution in [0.15, 0.2) is 0 Å². The van der Waals surface area contributed by atoms with Crippen molar-refractivity contribution in [3.8, 4) is 0 Å². The Morgan fingerprint density at radius 2 is 0.500 bits per heavy atom. The van der Waals surface area contributed by atoms with Gasteiger partial charge in [-0.15, -0.1) is 0 Å². The van der Waals surface area contributed by atoms with Gasteiger partial charge in [-0.2, -0.15) is 0 Å². The maximum atomic E-state index is 0. The first-order valence-electron chi connectivity index (χ1n) is 0. The van der Waals surface area contributed by atoms with E-state index >= 15 is 0 Å². The van der Waals surface area contributed by atoms with Gasteiger partial charge < -0.3 is 16.4 Å². The smallest absolute Gasteiger partial charge is 0.870 e. The molecule has 0 aliphatic carbocycles. The SMILES string of the molecule is [OH-].[OH-].[OH-].[Os+3]. The Kier molecular flexibility index (Phi) is 4370. The molecule has 0 fully saturated rings. The van der Waals surface area contributed by atoms with Crippen molar-refractivity contribution in [3.63, 3.8) is 0 Å². The molecule has 0 bridgehead atoms. The maximum absolute atomic E-state index is 0. The van der Waals surface area contributed by atoms with E-state index in [9.17, 15) is 0 Å². The topological polar surface area (TPSA) is 90.0 Å². The molecule has 4 heavy (non-hydrogen) atoms. The van der Waals surface area contributed by atoms with Gasteiger partial charge in [0.25, 0.3) is 0 Å². The van der Waals surface area contributed by atoms with Crippen molar-refractivity contribution in [2.75, 3.05) is 0 Å². The summed E-state index contributed by atoms with van der Waals surface area (Å²) in [5.41, 5.74) is 0. The van der Waals surface area contributed by atoms with Gasteiger partial charge in [-0.05, 0) is 0 Å². The van der Waals surface area contributed by atoms with E-state index in [1.54, 1.807) is 0 Å². The molecule has 0 heterocycles. The van der Waals surface area contributed by atoms with Crippen molar-refractivity contribution in [3.05, 3.63) is 0 Å². The van der Waals surface area contributed by atoms with Crippen molar-refractivity contribution in [2.24, 2.45) is 0 Å². The molecule has 0 aliphatic rings. The van der Waals surface area contributed by atoms with Crippen molar-refractivity contribution >= 4 is 0 Å². The summed E-state index contributed by atoms with van der Waals surface area (Å²) < 4.78 is 0. The van der Waals surface area contributed by atoms with E-state index in [1.807, 2.05) is 0 Å². The van der Waals surface area contributed by atoms with Gasteiger partial charge >= 0.3 is 19.8 Å². The molecule has 0 unspecified atom stereocenters. The first-order valence-corrected chi connectivity index (χ1v) is 0. The van der Waals surface area contributed by atoms with Crippen LogP contribution in [0.1, 0.15) is 0 Å². The van der Waals surface area contributed by atoms with Crippen LogP contribution in [0.5, 0.6) is 0 Å². The predicted octanol–water partition coefficient (Wildman–Crippen LogP) is -0.533. The summed E-state index contributed by atoms with van der Waals surface area (Å²) in [4.78, 5) is 0. The van der Waals surface area contributed by atoms with Gasteiger partial charge in [0, 0.05) is 0 Å². The van der Waals surface area contributed by atoms with E-state index in [1.165, 1.54) is 0 Å². The Morgan fingerprint density at radius 3 is 0.500 bits per heavy atom. The molecule has 4 heteroatoms. The number of hydrogen-bond donors (Lipinski definition) is 0. The molecule has 0 atom stereocenters. The third kappa shape index (κ3) is 21.7. The average Bonchev–Trinajstić information content (AvgIpc) is 0. The molecule has 1 radical (unpaired) electrons. The Morgan fingerprint density at radius 1 is 0.500 bits per heavy atom. The van der Waals surface area contributed by atoms with E-state index in [2.05, 4.69) is 0 Å².